The SMILES string of the molecule is O=C(NCC(C(=O)O)C1CCOCC1)c1ccc2c(c1)CCC=C2. The summed E-state index contributed by atoms with van der Waals surface area (Å²) in [6.45, 7) is 1.36. The Morgan fingerprint density at radius 3 is 2.83 bits per heavy atom. The fraction of sp³-hybridized carbons (Fsp3) is 0.474. The van der Waals surface area contributed by atoms with Gasteiger partial charge in [0.15, 0.2) is 0 Å². The number of carbonyl (C=O) groups excluding carboxylic acids is 1. The molecule has 1 unspecified atom stereocenters. The van der Waals surface area contributed by atoms with Gasteiger partial charge in [-0.1, -0.05) is 18.2 Å². The van der Waals surface area contributed by atoms with Crippen molar-refractivity contribution in [2.45, 2.75) is 25.7 Å². The molecule has 3 rings (SSSR count). The molecule has 1 aliphatic carbocycles. The van der Waals surface area contributed by atoms with Crippen LogP contribution >= 0.6 is 0 Å². The number of carboxylic acid groups (broad SMARTS) is 1. The molecule has 0 bridgehead atoms. The molecule has 0 saturated carbocycles. The van der Waals surface area contributed by atoms with E-state index in [-0.39, 0.29) is 18.4 Å². The molecule has 5 nitrogen and oxygen atoms in total. The van der Waals surface area contributed by atoms with E-state index in [0.29, 0.717) is 18.8 Å². The van der Waals surface area contributed by atoms with Crippen LogP contribution in [0.2, 0.25) is 0 Å². The molecule has 1 aromatic rings. The molecule has 1 saturated heterocycles. The first kappa shape index (κ1) is 16.7. The molecule has 1 heterocycles. The fourth-order valence-electron chi connectivity index (χ4n) is 3.45. The van der Waals surface area contributed by atoms with Crippen molar-refractivity contribution < 1.29 is 19.4 Å². The number of aryl methyl sites for hydroxylation is 1. The monoisotopic (exact) mass is 329 g/mol. The Kier molecular flexibility index (Phi) is 5.30. The van der Waals surface area contributed by atoms with Crippen LogP contribution in [-0.4, -0.2) is 36.7 Å². The van der Waals surface area contributed by atoms with Crippen LogP contribution in [0.15, 0.2) is 24.3 Å². The van der Waals surface area contributed by atoms with Crippen LogP contribution < -0.4 is 5.32 Å². The van der Waals surface area contributed by atoms with Crippen molar-refractivity contribution in [2.24, 2.45) is 11.8 Å². The number of nitrogens with one attached hydrogen (secondary N) is 1. The molecule has 128 valence electrons. The average molecular weight is 329 g/mol. The number of benzene rings is 1. The summed E-state index contributed by atoms with van der Waals surface area (Å²) < 4.78 is 5.29. The quantitative estimate of drug-likeness (QED) is 0.870. The Morgan fingerprint density at radius 1 is 1.29 bits per heavy atom. The molecular weight excluding hydrogens is 306 g/mol. The Morgan fingerprint density at radius 2 is 2.08 bits per heavy atom. The zero-order valence-electron chi connectivity index (χ0n) is 13.7. The fourth-order valence-corrected chi connectivity index (χ4v) is 3.45. The van der Waals surface area contributed by atoms with E-state index in [1.54, 1.807) is 6.07 Å². The zero-order chi connectivity index (χ0) is 16.9. The van der Waals surface area contributed by atoms with Crippen LogP contribution in [0, 0.1) is 11.8 Å². The van der Waals surface area contributed by atoms with Crippen molar-refractivity contribution in [3.8, 4) is 0 Å². The van der Waals surface area contributed by atoms with Gasteiger partial charge >= 0.3 is 5.97 Å². The Bertz CT molecular complexity index is 647. The summed E-state index contributed by atoms with van der Waals surface area (Å²) in [5.41, 5.74) is 2.92. The van der Waals surface area contributed by atoms with Crippen molar-refractivity contribution in [1.82, 2.24) is 5.32 Å². The zero-order valence-corrected chi connectivity index (χ0v) is 13.7. The van der Waals surface area contributed by atoms with Gasteiger partial charge in [-0.2, -0.15) is 0 Å². The van der Waals surface area contributed by atoms with Gasteiger partial charge in [-0.3, -0.25) is 9.59 Å². The lowest BCUT2D eigenvalue weighted by Gasteiger charge is -2.27. The lowest BCUT2D eigenvalue weighted by molar-refractivity contribution is -0.144. The third-order valence-corrected chi connectivity index (χ3v) is 4.92. The topological polar surface area (TPSA) is 75.6 Å². The largest absolute Gasteiger partial charge is 0.481 e. The van der Waals surface area contributed by atoms with Gasteiger partial charge in [-0.15, -0.1) is 0 Å². The van der Waals surface area contributed by atoms with E-state index in [9.17, 15) is 14.7 Å². The molecule has 5 heteroatoms. The molecule has 0 radical (unpaired) electrons. The summed E-state index contributed by atoms with van der Waals surface area (Å²) in [5, 5.41) is 12.3. The van der Waals surface area contributed by atoms with E-state index >= 15 is 0 Å². The van der Waals surface area contributed by atoms with Crippen LogP contribution in [0.5, 0.6) is 0 Å². The lowest BCUT2D eigenvalue weighted by Crippen LogP contribution is -2.39. The Hall–Kier alpha value is -2.14. The van der Waals surface area contributed by atoms with Crippen molar-refractivity contribution in [3.05, 3.63) is 41.0 Å². The predicted octanol–water partition coefficient (Wildman–Crippen LogP) is 2.50. The van der Waals surface area contributed by atoms with Gasteiger partial charge in [0.05, 0.1) is 5.92 Å². The molecule has 1 amide bonds. The van der Waals surface area contributed by atoms with E-state index in [4.69, 9.17) is 4.74 Å². The number of allylic oxidation sites excluding steroid dienone is 1. The molecule has 0 spiro atoms. The van der Waals surface area contributed by atoms with Crippen LogP contribution in [0.4, 0.5) is 0 Å². The van der Waals surface area contributed by atoms with E-state index in [0.717, 1.165) is 31.2 Å². The molecule has 1 fully saturated rings. The summed E-state index contributed by atoms with van der Waals surface area (Å²) in [6, 6.07) is 5.67. The van der Waals surface area contributed by atoms with Crippen LogP contribution in [-0.2, 0) is 16.0 Å². The summed E-state index contributed by atoms with van der Waals surface area (Å²) >= 11 is 0. The van der Waals surface area contributed by atoms with Gasteiger partial charge in [0.2, 0.25) is 0 Å². The molecule has 0 aromatic heterocycles. The second-order valence-corrected chi connectivity index (χ2v) is 6.46. The number of ether oxygens (including phenoxy) is 1. The maximum absolute atomic E-state index is 12.4. The number of carbonyl (C=O) groups is 2. The molecular formula is C19H23NO4. The number of amides is 1. The van der Waals surface area contributed by atoms with Gasteiger partial charge in [0.1, 0.15) is 0 Å². The van der Waals surface area contributed by atoms with Crippen molar-refractivity contribution in [2.75, 3.05) is 19.8 Å². The molecule has 1 aromatic carbocycles. The summed E-state index contributed by atoms with van der Waals surface area (Å²) in [4.78, 5) is 23.9. The molecule has 1 atom stereocenters. The second kappa shape index (κ2) is 7.62. The van der Waals surface area contributed by atoms with Crippen molar-refractivity contribution in [3.63, 3.8) is 0 Å². The minimum absolute atomic E-state index is 0.0604. The molecule has 2 aliphatic rings. The predicted molar refractivity (Wildman–Crippen MR) is 90.8 cm³/mol. The first-order valence-corrected chi connectivity index (χ1v) is 8.53. The minimum atomic E-state index is -0.849. The second-order valence-electron chi connectivity index (χ2n) is 6.46. The first-order chi connectivity index (χ1) is 11.6. The average Bonchev–Trinajstić information content (AvgIpc) is 2.62. The maximum atomic E-state index is 12.4. The van der Waals surface area contributed by atoms with Gasteiger partial charge < -0.3 is 15.2 Å². The lowest BCUT2D eigenvalue weighted by atomic mass is 9.86. The number of hydrogen-bond donors (Lipinski definition) is 2. The third-order valence-electron chi connectivity index (χ3n) is 4.92. The number of fused-ring (bicyclic) bond motifs is 1. The third kappa shape index (κ3) is 3.85. The van der Waals surface area contributed by atoms with E-state index in [1.165, 1.54) is 5.56 Å². The molecule has 2 N–H and O–H groups in total. The number of aliphatic carboxylic acids is 1. The van der Waals surface area contributed by atoms with E-state index in [2.05, 4.69) is 17.5 Å². The number of hydrogen-bond acceptors (Lipinski definition) is 3. The number of rotatable bonds is 5. The van der Waals surface area contributed by atoms with Gasteiger partial charge in [-0.25, -0.2) is 0 Å². The summed E-state index contributed by atoms with van der Waals surface area (Å²) in [5.74, 6) is -1.55. The van der Waals surface area contributed by atoms with Crippen LogP contribution in [0.25, 0.3) is 6.08 Å². The number of carboxylic acids is 1. The van der Waals surface area contributed by atoms with Crippen molar-refractivity contribution >= 4 is 18.0 Å². The highest BCUT2D eigenvalue weighted by Gasteiger charge is 2.30. The van der Waals surface area contributed by atoms with E-state index < -0.39 is 11.9 Å². The van der Waals surface area contributed by atoms with E-state index in [1.807, 2.05) is 12.1 Å². The molecule has 24 heavy (non-hydrogen) atoms. The maximum Gasteiger partial charge on any atom is 0.308 e. The highest BCUT2D eigenvalue weighted by atomic mass is 16.5. The van der Waals surface area contributed by atoms with Crippen LogP contribution in [0.3, 0.4) is 0 Å². The summed E-state index contributed by atoms with van der Waals surface area (Å²) in [7, 11) is 0. The molecule has 1 aliphatic heterocycles. The van der Waals surface area contributed by atoms with Gasteiger partial charge in [0.25, 0.3) is 5.91 Å². The highest BCUT2D eigenvalue weighted by molar-refractivity contribution is 5.95. The van der Waals surface area contributed by atoms with Crippen molar-refractivity contribution in [1.29, 1.82) is 0 Å². The van der Waals surface area contributed by atoms with Gasteiger partial charge in [-0.05, 0) is 54.9 Å². The highest BCUT2D eigenvalue weighted by Crippen LogP contribution is 2.24. The minimum Gasteiger partial charge on any atom is -0.481 e. The first-order valence-electron chi connectivity index (χ1n) is 8.53. The smallest absolute Gasteiger partial charge is 0.308 e. The van der Waals surface area contributed by atoms with Crippen LogP contribution in [0.1, 0.15) is 40.7 Å². The standard InChI is InChI=1S/C19H23NO4/c21-18(16-6-5-13-3-1-2-4-15(13)11-16)20-12-17(19(22)23)14-7-9-24-10-8-14/h1,3,5-6,11,14,17H,2,4,7-10,12H2,(H,20,21)(H,22,23). The normalized spacial score (nSPS) is 18.7. The van der Waals surface area contributed by atoms with Gasteiger partial charge in [0, 0.05) is 25.3 Å². The Balaban J connectivity index is 1.63. The Labute approximate surface area is 141 Å². The summed E-state index contributed by atoms with van der Waals surface area (Å²) in [6.07, 6.45) is 7.60.